The molecular formula is C16H16N6. The number of hydrogen-bond donors (Lipinski definition) is 2. The SMILES string of the molecule is Cc1ccccc1Nc1nncc(NCc2ccncc2)n1. The third kappa shape index (κ3) is 3.54. The molecular weight excluding hydrogens is 276 g/mol. The first-order chi connectivity index (χ1) is 10.8. The number of para-hydroxylation sites is 1. The number of aromatic nitrogens is 4. The zero-order valence-electron chi connectivity index (χ0n) is 12.2. The zero-order chi connectivity index (χ0) is 15.2. The molecule has 0 aliphatic rings. The van der Waals surface area contributed by atoms with Crippen molar-refractivity contribution in [1.29, 1.82) is 0 Å². The minimum Gasteiger partial charge on any atom is -0.365 e. The standard InChI is InChI=1S/C16H16N6/c1-12-4-2-3-5-14(12)20-16-21-15(11-19-22-16)18-10-13-6-8-17-9-7-13/h2-9,11H,10H2,1H3,(H2,18,20,21,22). The van der Waals surface area contributed by atoms with Gasteiger partial charge in [-0.25, -0.2) is 0 Å². The number of hydrogen-bond acceptors (Lipinski definition) is 6. The van der Waals surface area contributed by atoms with Crippen LogP contribution in [0.1, 0.15) is 11.1 Å². The Morgan fingerprint density at radius 2 is 1.86 bits per heavy atom. The number of nitrogens with zero attached hydrogens (tertiary/aromatic N) is 4. The first-order valence-electron chi connectivity index (χ1n) is 6.96. The largest absolute Gasteiger partial charge is 0.365 e. The molecule has 6 heteroatoms. The smallest absolute Gasteiger partial charge is 0.249 e. The van der Waals surface area contributed by atoms with E-state index in [0.29, 0.717) is 18.3 Å². The summed E-state index contributed by atoms with van der Waals surface area (Å²) < 4.78 is 0. The van der Waals surface area contributed by atoms with E-state index >= 15 is 0 Å². The highest BCUT2D eigenvalue weighted by Crippen LogP contribution is 2.17. The number of benzene rings is 1. The first-order valence-corrected chi connectivity index (χ1v) is 6.96. The zero-order valence-corrected chi connectivity index (χ0v) is 12.2. The Morgan fingerprint density at radius 3 is 2.68 bits per heavy atom. The summed E-state index contributed by atoms with van der Waals surface area (Å²) in [6, 6.07) is 11.9. The second kappa shape index (κ2) is 6.62. The Labute approximate surface area is 128 Å². The molecule has 2 N–H and O–H groups in total. The molecule has 0 saturated heterocycles. The lowest BCUT2D eigenvalue weighted by Gasteiger charge is -2.09. The number of anilines is 3. The summed E-state index contributed by atoms with van der Waals surface area (Å²) in [7, 11) is 0. The number of pyridine rings is 1. The Morgan fingerprint density at radius 1 is 1.05 bits per heavy atom. The van der Waals surface area contributed by atoms with Gasteiger partial charge in [0.1, 0.15) is 0 Å². The molecule has 0 atom stereocenters. The van der Waals surface area contributed by atoms with Crippen LogP contribution >= 0.6 is 0 Å². The molecule has 2 heterocycles. The molecule has 0 amide bonds. The van der Waals surface area contributed by atoms with E-state index in [1.807, 2.05) is 43.3 Å². The predicted octanol–water partition coefficient (Wildman–Crippen LogP) is 2.93. The maximum atomic E-state index is 4.41. The summed E-state index contributed by atoms with van der Waals surface area (Å²) in [6.07, 6.45) is 5.13. The Kier molecular flexibility index (Phi) is 4.20. The lowest BCUT2D eigenvalue weighted by molar-refractivity contribution is 0.964. The third-order valence-corrected chi connectivity index (χ3v) is 3.17. The van der Waals surface area contributed by atoms with E-state index in [2.05, 4.69) is 30.8 Å². The van der Waals surface area contributed by atoms with Crippen LogP contribution in [0.3, 0.4) is 0 Å². The van der Waals surface area contributed by atoms with E-state index in [9.17, 15) is 0 Å². The van der Waals surface area contributed by atoms with Crippen molar-refractivity contribution in [2.24, 2.45) is 0 Å². The summed E-state index contributed by atoms with van der Waals surface area (Å²) in [5.74, 6) is 1.14. The van der Waals surface area contributed by atoms with Crippen LogP contribution < -0.4 is 10.6 Å². The second-order valence-corrected chi connectivity index (χ2v) is 4.81. The van der Waals surface area contributed by atoms with Gasteiger partial charge in [0.05, 0.1) is 6.20 Å². The normalized spacial score (nSPS) is 10.2. The number of aryl methyl sites for hydroxylation is 1. The fourth-order valence-electron chi connectivity index (χ4n) is 1.97. The van der Waals surface area contributed by atoms with Crippen LogP contribution in [-0.4, -0.2) is 20.2 Å². The minimum absolute atomic E-state index is 0.467. The molecule has 0 spiro atoms. The van der Waals surface area contributed by atoms with Crippen molar-refractivity contribution in [3.8, 4) is 0 Å². The number of rotatable bonds is 5. The summed E-state index contributed by atoms with van der Waals surface area (Å²) in [5, 5.41) is 14.4. The van der Waals surface area contributed by atoms with Gasteiger partial charge in [0, 0.05) is 24.6 Å². The topological polar surface area (TPSA) is 75.6 Å². The average molecular weight is 292 g/mol. The minimum atomic E-state index is 0.467. The lowest BCUT2D eigenvalue weighted by Crippen LogP contribution is -2.06. The van der Waals surface area contributed by atoms with Crippen molar-refractivity contribution in [1.82, 2.24) is 20.2 Å². The highest BCUT2D eigenvalue weighted by atomic mass is 15.3. The van der Waals surface area contributed by atoms with Crippen molar-refractivity contribution in [2.75, 3.05) is 10.6 Å². The van der Waals surface area contributed by atoms with Gasteiger partial charge < -0.3 is 10.6 Å². The third-order valence-electron chi connectivity index (χ3n) is 3.17. The Balaban J connectivity index is 1.69. The quantitative estimate of drug-likeness (QED) is 0.753. The van der Waals surface area contributed by atoms with E-state index in [1.54, 1.807) is 18.6 Å². The molecule has 0 fully saturated rings. The monoisotopic (exact) mass is 292 g/mol. The molecule has 0 bridgehead atoms. The maximum Gasteiger partial charge on any atom is 0.249 e. The predicted molar refractivity (Wildman–Crippen MR) is 85.9 cm³/mol. The van der Waals surface area contributed by atoms with Gasteiger partial charge in [-0.05, 0) is 36.2 Å². The molecule has 0 saturated carbocycles. The summed E-state index contributed by atoms with van der Waals surface area (Å²) in [4.78, 5) is 8.41. The lowest BCUT2D eigenvalue weighted by atomic mass is 10.2. The van der Waals surface area contributed by atoms with Crippen LogP contribution in [-0.2, 0) is 6.54 Å². The molecule has 6 nitrogen and oxygen atoms in total. The van der Waals surface area contributed by atoms with Crippen LogP contribution in [0.25, 0.3) is 0 Å². The van der Waals surface area contributed by atoms with Crippen molar-refractivity contribution in [3.63, 3.8) is 0 Å². The van der Waals surface area contributed by atoms with Crippen LogP contribution in [0, 0.1) is 6.92 Å². The van der Waals surface area contributed by atoms with Gasteiger partial charge in [0.2, 0.25) is 5.95 Å². The highest BCUT2D eigenvalue weighted by Gasteiger charge is 2.03. The van der Waals surface area contributed by atoms with Gasteiger partial charge in [-0.15, -0.1) is 5.10 Å². The van der Waals surface area contributed by atoms with Gasteiger partial charge in [-0.1, -0.05) is 18.2 Å². The van der Waals surface area contributed by atoms with Crippen LogP contribution in [0.15, 0.2) is 55.0 Å². The summed E-state index contributed by atoms with van der Waals surface area (Å²) in [6.45, 7) is 2.69. The molecule has 0 aliphatic carbocycles. The van der Waals surface area contributed by atoms with Gasteiger partial charge in [0.25, 0.3) is 0 Å². The van der Waals surface area contributed by atoms with Crippen molar-refractivity contribution in [3.05, 3.63) is 66.1 Å². The van der Waals surface area contributed by atoms with E-state index in [4.69, 9.17) is 0 Å². The number of nitrogens with one attached hydrogen (secondary N) is 2. The molecule has 3 aromatic rings. The molecule has 2 aromatic heterocycles. The fourth-order valence-corrected chi connectivity index (χ4v) is 1.97. The van der Waals surface area contributed by atoms with E-state index in [0.717, 1.165) is 16.8 Å². The Hall–Kier alpha value is -3.02. The molecule has 22 heavy (non-hydrogen) atoms. The Bertz CT molecular complexity index is 744. The van der Waals surface area contributed by atoms with Crippen LogP contribution in [0.5, 0.6) is 0 Å². The van der Waals surface area contributed by atoms with E-state index < -0.39 is 0 Å². The summed E-state index contributed by atoms with van der Waals surface area (Å²) in [5.41, 5.74) is 3.22. The van der Waals surface area contributed by atoms with Gasteiger partial charge in [0.15, 0.2) is 5.82 Å². The molecule has 3 rings (SSSR count). The van der Waals surface area contributed by atoms with Crippen LogP contribution in [0.4, 0.5) is 17.5 Å². The summed E-state index contributed by atoms with van der Waals surface area (Å²) >= 11 is 0. The highest BCUT2D eigenvalue weighted by molar-refractivity contribution is 5.58. The molecule has 0 radical (unpaired) electrons. The maximum absolute atomic E-state index is 4.41. The molecule has 110 valence electrons. The van der Waals surface area contributed by atoms with Gasteiger partial charge in [-0.3, -0.25) is 4.98 Å². The van der Waals surface area contributed by atoms with E-state index in [1.165, 1.54) is 0 Å². The second-order valence-electron chi connectivity index (χ2n) is 4.81. The molecule has 0 aliphatic heterocycles. The van der Waals surface area contributed by atoms with Gasteiger partial charge >= 0.3 is 0 Å². The van der Waals surface area contributed by atoms with Gasteiger partial charge in [-0.2, -0.15) is 10.1 Å². The van der Waals surface area contributed by atoms with Crippen molar-refractivity contribution in [2.45, 2.75) is 13.5 Å². The molecule has 0 unspecified atom stereocenters. The first kappa shape index (κ1) is 13.9. The van der Waals surface area contributed by atoms with Crippen molar-refractivity contribution >= 4 is 17.5 Å². The fraction of sp³-hybridized carbons (Fsp3) is 0.125. The van der Waals surface area contributed by atoms with Crippen LogP contribution in [0.2, 0.25) is 0 Å². The van der Waals surface area contributed by atoms with E-state index in [-0.39, 0.29) is 0 Å². The average Bonchev–Trinajstić information content (AvgIpc) is 2.57. The molecule has 1 aromatic carbocycles. The van der Waals surface area contributed by atoms with Crippen molar-refractivity contribution < 1.29 is 0 Å².